The molecule has 0 unspecified atom stereocenters. The van der Waals surface area contributed by atoms with Crippen LogP contribution in [0, 0.1) is 5.82 Å². The van der Waals surface area contributed by atoms with Crippen molar-refractivity contribution in [3.63, 3.8) is 0 Å². The van der Waals surface area contributed by atoms with E-state index in [4.69, 9.17) is 0 Å². The Kier molecular flexibility index (Phi) is 2.68. The zero-order valence-electron chi connectivity index (χ0n) is 7.63. The normalized spacial score (nSPS) is 10.3. The second kappa shape index (κ2) is 3.98. The van der Waals surface area contributed by atoms with Crippen molar-refractivity contribution >= 4 is 15.9 Å². The number of aromatic nitrogens is 1. The highest BCUT2D eigenvalue weighted by Gasteiger charge is 2.07. The second-order valence-electron chi connectivity index (χ2n) is 3.04. The standard InChI is InChI=1S/C11H7BrFNO/c12-9-6-14-11(15)5-8(9)7-3-1-2-4-10(7)13/h1-6H,(H,14,15). The average Bonchev–Trinajstić information content (AvgIpc) is 2.23. The molecule has 76 valence electrons. The average molecular weight is 268 g/mol. The van der Waals surface area contributed by atoms with Gasteiger partial charge in [-0.2, -0.15) is 0 Å². The highest BCUT2D eigenvalue weighted by atomic mass is 79.9. The number of hydrogen-bond acceptors (Lipinski definition) is 1. The van der Waals surface area contributed by atoms with Gasteiger partial charge in [0.05, 0.1) is 0 Å². The molecule has 1 N–H and O–H groups in total. The number of H-pyrrole nitrogens is 1. The number of halogens is 2. The summed E-state index contributed by atoms with van der Waals surface area (Å²) >= 11 is 3.26. The van der Waals surface area contributed by atoms with E-state index in [1.807, 2.05) is 0 Å². The first-order valence-electron chi connectivity index (χ1n) is 4.31. The molecule has 15 heavy (non-hydrogen) atoms. The molecule has 0 spiro atoms. The van der Waals surface area contributed by atoms with E-state index in [1.165, 1.54) is 18.3 Å². The van der Waals surface area contributed by atoms with Crippen LogP contribution in [0.25, 0.3) is 11.1 Å². The summed E-state index contributed by atoms with van der Waals surface area (Å²) in [7, 11) is 0. The third kappa shape index (κ3) is 1.99. The van der Waals surface area contributed by atoms with E-state index in [1.54, 1.807) is 18.2 Å². The van der Waals surface area contributed by atoms with Gasteiger partial charge < -0.3 is 4.98 Å². The SMILES string of the molecule is O=c1cc(-c2ccccc2F)c(Br)c[nH]1. The Labute approximate surface area is 93.9 Å². The molecule has 2 nitrogen and oxygen atoms in total. The Morgan fingerprint density at radius 2 is 1.93 bits per heavy atom. The van der Waals surface area contributed by atoms with Crippen LogP contribution in [-0.2, 0) is 0 Å². The maximum Gasteiger partial charge on any atom is 0.248 e. The highest BCUT2D eigenvalue weighted by Crippen LogP contribution is 2.27. The molecule has 1 aromatic heterocycles. The monoisotopic (exact) mass is 267 g/mol. The van der Waals surface area contributed by atoms with Gasteiger partial charge in [0.2, 0.25) is 5.56 Å². The van der Waals surface area contributed by atoms with Gasteiger partial charge in [0.15, 0.2) is 0 Å². The molecule has 0 aliphatic carbocycles. The summed E-state index contributed by atoms with van der Waals surface area (Å²) in [4.78, 5) is 13.6. The molecule has 0 radical (unpaired) electrons. The molecule has 0 amide bonds. The number of benzene rings is 1. The zero-order chi connectivity index (χ0) is 10.8. The summed E-state index contributed by atoms with van der Waals surface area (Å²) in [5.41, 5.74) is 0.712. The van der Waals surface area contributed by atoms with Crippen molar-refractivity contribution in [2.75, 3.05) is 0 Å². The lowest BCUT2D eigenvalue weighted by Gasteiger charge is -2.04. The van der Waals surface area contributed by atoms with Crippen LogP contribution in [0.4, 0.5) is 4.39 Å². The Hall–Kier alpha value is -1.42. The summed E-state index contributed by atoms with van der Waals surface area (Å²) in [6.07, 6.45) is 1.50. The van der Waals surface area contributed by atoms with Crippen LogP contribution in [0.5, 0.6) is 0 Å². The van der Waals surface area contributed by atoms with E-state index < -0.39 is 0 Å². The van der Waals surface area contributed by atoms with Crippen LogP contribution in [-0.4, -0.2) is 4.98 Å². The Morgan fingerprint density at radius 1 is 1.20 bits per heavy atom. The zero-order valence-corrected chi connectivity index (χ0v) is 9.21. The molecule has 1 aromatic carbocycles. The molecule has 0 bridgehead atoms. The van der Waals surface area contributed by atoms with Crippen molar-refractivity contribution in [3.8, 4) is 11.1 Å². The van der Waals surface area contributed by atoms with Crippen LogP contribution in [0.2, 0.25) is 0 Å². The molecule has 0 aliphatic heterocycles. The fraction of sp³-hybridized carbons (Fsp3) is 0. The van der Waals surface area contributed by atoms with Crippen molar-refractivity contribution in [1.29, 1.82) is 0 Å². The molecular formula is C11H7BrFNO. The van der Waals surface area contributed by atoms with Gasteiger partial charge in [-0.15, -0.1) is 0 Å². The summed E-state index contributed by atoms with van der Waals surface area (Å²) in [6.45, 7) is 0. The molecule has 0 saturated heterocycles. The third-order valence-electron chi connectivity index (χ3n) is 2.04. The van der Waals surface area contributed by atoms with Crippen molar-refractivity contribution in [2.24, 2.45) is 0 Å². The van der Waals surface area contributed by atoms with Crippen LogP contribution in [0.3, 0.4) is 0 Å². The number of hydrogen-bond donors (Lipinski definition) is 1. The molecule has 4 heteroatoms. The van der Waals surface area contributed by atoms with Crippen molar-refractivity contribution in [1.82, 2.24) is 4.98 Å². The Morgan fingerprint density at radius 3 is 2.67 bits per heavy atom. The summed E-state index contributed by atoms with van der Waals surface area (Å²) in [5.74, 6) is -0.344. The minimum absolute atomic E-state index is 0.253. The van der Waals surface area contributed by atoms with Crippen LogP contribution >= 0.6 is 15.9 Å². The molecule has 1 heterocycles. The van der Waals surface area contributed by atoms with Crippen LogP contribution < -0.4 is 5.56 Å². The largest absolute Gasteiger partial charge is 0.328 e. The third-order valence-corrected chi connectivity index (χ3v) is 2.69. The quantitative estimate of drug-likeness (QED) is 0.847. The molecule has 0 saturated carbocycles. The summed E-state index contributed by atoms with van der Waals surface area (Å²) in [5, 5.41) is 0. The Balaban J connectivity index is 2.69. The van der Waals surface area contributed by atoms with Gasteiger partial charge in [0.25, 0.3) is 0 Å². The van der Waals surface area contributed by atoms with E-state index in [0.29, 0.717) is 15.6 Å². The smallest absolute Gasteiger partial charge is 0.248 e. The van der Waals surface area contributed by atoms with Gasteiger partial charge in [-0.25, -0.2) is 4.39 Å². The minimum Gasteiger partial charge on any atom is -0.328 e. The molecular weight excluding hydrogens is 261 g/mol. The lowest BCUT2D eigenvalue weighted by Crippen LogP contribution is -2.03. The summed E-state index contributed by atoms with van der Waals surface area (Å²) in [6, 6.07) is 7.70. The highest BCUT2D eigenvalue weighted by molar-refractivity contribution is 9.10. The van der Waals surface area contributed by atoms with Gasteiger partial charge >= 0.3 is 0 Å². The fourth-order valence-corrected chi connectivity index (χ4v) is 1.78. The van der Waals surface area contributed by atoms with E-state index in [0.717, 1.165) is 0 Å². The van der Waals surface area contributed by atoms with Gasteiger partial charge in [-0.1, -0.05) is 18.2 Å². The van der Waals surface area contributed by atoms with Crippen LogP contribution in [0.15, 0.2) is 45.8 Å². The predicted molar refractivity (Wildman–Crippen MR) is 60.2 cm³/mol. The first-order valence-corrected chi connectivity index (χ1v) is 5.11. The van der Waals surface area contributed by atoms with Crippen molar-refractivity contribution in [3.05, 3.63) is 57.2 Å². The van der Waals surface area contributed by atoms with Gasteiger partial charge in [0, 0.05) is 27.9 Å². The first kappa shape index (κ1) is 10.1. The topological polar surface area (TPSA) is 32.9 Å². The molecule has 0 fully saturated rings. The predicted octanol–water partition coefficient (Wildman–Crippen LogP) is 2.94. The van der Waals surface area contributed by atoms with Gasteiger partial charge in [0.1, 0.15) is 5.82 Å². The fourth-order valence-electron chi connectivity index (χ4n) is 1.34. The lowest BCUT2D eigenvalue weighted by molar-refractivity contribution is 0.631. The lowest BCUT2D eigenvalue weighted by atomic mass is 10.1. The molecule has 0 atom stereocenters. The minimum atomic E-state index is -0.344. The van der Waals surface area contributed by atoms with Crippen LogP contribution in [0.1, 0.15) is 0 Å². The van der Waals surface area contributed by atoms with E-state index >= 15 is 0 Å². The summed E-state index contributed by atoms with van der Waals surface area (Å²) < 4.78 is 14.1. The molecule has 2 aromatic rings. The van der Waals surface area contributed by atoms with Gasteiger partial charge in [-0.05, 0) is 22.0 Å². The van der Waals surface area contributed by atoms with E-state index in [-0.39, 0.29) is 11.4 Å². The second-order valence-corrected chi connectivity index (χ2v) is 3.89. The van der Waals surface area contributed by atoms with E-state index in [9.17, 15) is 9.18 Å². The maximum absolute atomic E-state index is 13.5. The Bertz CT molecular complexity index is 550. The number of nitrogens with one attached hydrogen (secondary N) is 1. The number of pyridine rings is 1. The number of aromatic amines is 1. The van der Waals surface area contributed by atoms with Gasteiger partial charge in [-0.3, -0.25) is 4.79 Å². The number of rotatable bonds is 1. The van der Waals surface area contributed by atoms with E-state index in [2.05, 4.69) is 20.9 Å². The maximum atomic E-state index is 13.5. The van der Waals surface area contributed by atoms with Crippen molar-refractivity contribution in [2.45, 2.75) is 0 Å². The molecule has 0 aliphatic rings. The first-order chi connectivity index (χ1) is 7.18. The van der Waals surface area contributed by atoms with Crippen molar-refractivity contribution < 1.29 is 4.39 Å². The molecule has 2 rings (SSSR count).